The van der Waals surface area contributed by atoms with Crippen LogP contribution >= 0.6 is 0 Å². The van der Waals surface area contributed by atoms with Crippen LogP contribution in [0.25, 0.3) is 0 Å². The highest BCUT2D eigenvalue weighted by Crippen LogP contribution is 2.22. The van der Waals surface area contributed by atoms with Gasteiger partial charge in [0.15, 0.2) is 0 Å². The molecular formula is C20H19FN4O. The van der Waals surface area contributed by atoms with Crippen LogP contribution in [-0.2, 0) is 0 Å². The molecule has 5 nitrogen and oxygen atoms in total. The molecule has 0 aliphatic carbocycles. The molecule has 6 heteroatoms. The van der Waals surface area contributed by atoms with Crippen molar-refractivity contribution in [3.05, 3.63) is 76.9 Å². The summed E-state index contributed by atoms with van der Waals surface area (Å²) in [5.41, 5.74) is 4.52. The highest BCUT2D eigenvalue weighted by Gasteiger charge is 2.12. The third-order valence-corrected chi connectivity index (χ3v) is 3.95. The maximum Gasteiger partial charge on any atom is 0.258 e. The number of benzene rings is 2. The van der Waals surface area contributed by atoms with Gasteiger partial charge in [-0.2, -0.15) is 0 Å². The lowest BCUT2D eigenvalue weighted by molar-refractivity contribution is 0.102. The first-order valence-electron chi connectivity index (χ1n) is 8.17. The van der Waals surface area contributed by atoms with E-state index >= 15 is 0 Å². The van der Waals surface area contributed by atoms with E-state index in [4.69, 9.17) is 0 Å². The maximum atomic E-state index is 13.6. The van der Waals surface area contributed by atoms with Gasteiger partial charge in [-0.15, -0.1) is 0 Å². The van der Waals surface area contributed by atoms with Crippen LogP contribution in [0.15, 0.2) is 48.8 Å². The molecule has 1 aromatic heterocycles. The second-order valence-corrected chi connectivity index (χ2v) is 6.13. The molecule has 0 atom stereocenters. The number of nitrogens with zero attached hydrogens (tertiary/aromatic N) is 2. The number of para-hydroxylation sites is 1. The van der Waals surface area contributed by atoms with Gasteiger partial charge in [-0.05, 0) is 44.0 Å². The molecule has 1 amide bonds. The molecule has 2 aromatic carbocycles. The molecule has 0 radical (unpaired) electrons. The smallest absolute Gasteiger partial charge is 0.258 e. The van der Waals surface area contributed by atoms with E-state index < -0.39 is 5.82 Å². The predicted molar refractivity (Wildman–Crippen MR) is 100 cm³/mol. The molecule has 0 saturated carbocycles. The van der Waals surface area contributed by atoms with Crippen molar-refractivity contribution in [2.24, 2.45) is 0 Å². The number of aryl methyl sites for hydroxylation is 3. The van der Waals surface area contributed by atoms with E-state index in [0.29, 0.717) is 5.56 Å². The molecule has 132 valence electrons. The van der Waals surface area contributed by atoms with Crippen molar-refractivity contribution >= 4 is 23.2 Å². The lowest BCUT2D eigenvalue weighted by atomic mass is 10.0. The summed E-state index contributed by atoms with van der Waals surface area (Å²) in [6, 6.07) is 10.3. The first kappa shape index (κ1) is 17.5. The number of nitrogens with one attached hydrogen (secondary N) is 2. The predicted octanol–water partition coefficient (Wildman–Crippen LogP) is 4.54. The largest absolute Gasteiger partial charge is 0.322 e. The van der Waals surface area contributed by atoms with E-state index in [9.17, 15) is 9.18 Å². The van der Waals surface area contributed by atoms with E-state index in [1.807, 2.05) is 32.9 Å². The van der Waals surface area contributed by atoms with E-state index in [2.05, 4.69) is 20.6 Å². The van der Waals surface area contributed by atoms with Crippen molar-refractivity contribution in [1.82, 2.24) is 9.97 Å². The Morgan fingerprint density at radius 2 is 1.62 bits per heavy atom. The fraction of sp³-hybridized carbons (Fsp3) is 0.150. The summed E-state index contributed by atoms with van der Waals surface area (Å²) in [6.07, 6.45) is 2.81. The fourth-order valence-corrected chi connectivity index (χ4v) is 2.76. The molecule has 3 rings (SSSR count). The Morgan fingerprint density at radius 3 is 2.23 bits per heavy atom. The highest BCUT2D eigenvalue weighted by molar-refractivity contribution is 6.04. The summed E-state index contributed by atoms with van der Waals surface area (Å²) in [6.45, 7) is 5.92. The number of carbonyl (C=O) groups excluding carboxylic acids is 1. The van der Waals surface area contributed by atoms with Gasteiger partial charge in [0.05, 0.1) is 11.3 Å². The van der Waals surface area contributed by atoms with Crippen LogP contribution in [0.4, 0.5) is 21.7 Å². The minimum atomic E-state index is -0.400. The van der Waals surface area contributed by atoms with E-state index in [1.165, 1.54) is 18.5 Å². The van der Waals surface area contributed by atoms with Crippen LogP contribution in [-0.4, -0.2) is 15.9 Å². The molecule has 0 aliphatic heterocycles. The normalized spacial score (nSPS) is 10.5. The summed E-state index contributed by atoms with van der Waals surface area (Å²) in [5, 5.41) is 5.68. The third kappa shape index (κ3) is 3.85. The van der Waals surface area contributed by atoms with Crippen LogP contribution < -0.4 is 10.6 Å². The van der Waals surface area contributed by atoms with Crippen LogP contribution in [0.3, 0.4) is 0 Å². The molecule has 0 fully saturated rings. The molecule has 0 bridgehead atoms. The Kier molecular flexibility index (Phi) is 4.93. The van der Waals surface area contributed by atoms with Gasteiger partial charge in [0, 0.05) is 18.1 Å². The van der Waals surface area contributed by atoms with Gasteiger partial charge in [0.2, 0.25) is 5.95 Å². The topological polar surface area (TPSA) is 66.9 Å². The Morgan fingerprint density at radius 1 is 1.00 bits per heavy atom. The highest BCUT2D eigenvalue weighted by atomic mass is 19.1. The van der Waals surface area contributed by atoms with Crippen molar-refractivity contribution in [1.29, 1.82) is 0 Å². The number of hydrogen-bond donors (Lipinski definition) is 2. The minimum absolute atomic E-state index is 0.217. The zero-order valence-corrected chi connectivity index (χ0v) is 14.8. The first-order chi connectivity index (χ1) is 12.4. The number of aromatic nitrogens is 2. The number of hydrogen-bond acceptors (Lipinski definition) is 4. The SMILES string of the molecule is Cc1cc(C)c(NC(=O)c2cnc(Nc3ccccc3F)nc2)c(C)c1. The monoisotopic (exact) mass is 350 g/mol. The van der Waals surface area contributed by atoms with Gasteiger partial charge >= 0.3 is 0 Å². The molecule has 26 heavy (non-hydrogen) atoms. The lowest BCUT2D eigenvalue weighted by Gasteiger charge is -2.13. The van der Waals surface area contributed by atoms with Crippen LogP contribution in [0.5, 0.6) is 0 Å². The maximum absolute atomic E-state index is 13.6. The van der Waals surface area contributed by atoms with Crippen molar-refractivity contribution in [3.63, 3.8) is 0 Å². The molecule has 0 aliphatic rings. The molecule has 0 spiro atoms. The van der Waals surface area contributed by atoms with E-state index in [0.717, 1.165) is 22.4 Å². The summed E-state index contributed by atoms with van der Waals surface area (Å²) in [7, 11) is 0. The molecular weight excluding hydrogens is 331 g/mol. The van der Waals surface area contributed by atoms with Crippen molar-refractivity contribution in [2.45, 2.75) is 20.8 Å². The van der Waals surface area contributed by atoms with Crippen molar-refractivity contribution in [3.8, 4) is 0 Å². The Hall–Kier alpha value is -3.28. The number of rotatable bonds is 4. The van der Waals surface area contributed by atoms with Gasteiger partial charge in [0.1, 0.15) is 5.82 Å². The Balaban J connectivity index is 1.74. The number of halogens is 1. The Bertz CT molecular complexity index is 931. The van der Waals surface area contributed by atoms with Crippen LogP contribution in [0, 0.1) is 26.6 Å². The average Bonchev–Trinajstić information content (AvgIpc) is 2.60. The fourth-order valence-electron chi connectivity index (χ4n) is 2.76. The van der Waals surface area contributed by atoms with Crippen LogP contribution in [0.1, 0.15) is 27.0 Å². The van der Waals surface area contributed by atoms with Crippen molar-refractivity contribution < 1.29 is 9.18 Å². The average molecular weight is 350 g/mol. The van der Waals surface area contributed by atoms with Crippen LogP contribution in [0.2, 0.25) is 0 Å². The number of amides is 1. The second kappa shape index (κ2) is 7.31. The second-order valence-electron chi connectivity index (χ2n) is 6.13. The summed E-state index contributed by atoms with van der Waals surface area (Å²) >= 11 is 0. The molecule has 0 unspecified atom stereocenters. The molecule has 3 aromatic rings. The number of anilines is 3. The quantitative estimate of drug-likeness (QED) is 0.725. The first-order valence-corrected chi connectivity index (χ1v) is 8.17. The van der Waals surface area contributed by atoms with Gasteiger partial charge in [-0.3, -0.25) is 4.79 Å². The van der Waals surface area contributed by atoms with Crippen molar-refractivity contribution in [2.75, 3.05) is 10.6 Å². The standard InChI is InChI=1S/C20H19FN4O/c1-12-8-13(2)18(14(3)9-12)25-19(26)15-10-22-20(23-11-15)24-17-7-5-4-6-16(17)21/h4-11H,1-3H3,(H,25,26)(H,22,23,24). The Labute approximate surface area is 151 Å². The molecule has 1 heterocycles. The lowest BCUT2D eigenvalue weighted by Crippen LogP contribution is -2.15. The summed E-state index contributed by atoms with van der Waals surface area (Å²) in [5.74, 6) is -0.477. The van der Waals surface area contributed by atoms with Gasteiger partial charge in [-0.1, -0.05) is 29.8 Å². The van der Waals surface area contributed by atoms with Gasteiger partial charge in [0.25, 0.3) is 5.91 Å². The zero-order chi connectivity index (χ0) is 18.7. The third-order valence-electron chi connectivity index (χ3n) is 3.95. The summed E-state index contributed by atoms with van der Waals surface area (Å²) in [4.78, 5) is 20.6. The van der Waals surface area contributed by atoms with E-state index in [1.54, 1.807) is 18.2 Å². The van der Waals surface area contributed by atoms with Gasteiger partial charge in [-0.25, -0.2) is 14.4 Å². The molecule has 2 N–H and O–H groups in total. The van der Waals surface area contributed by atoms with E-state index in [-0.39, 0.29) is 17.5 Å². The number of carbonyl (C=O) groups is 1. The zero-order valence-electron chi connectivity index (χ0n) is 14.8. The van der Waals surface area contributed by atoms with Gasteiger partial charge < -0.3 is 10.6 Å². The summed E-state index contributed by atoms with van der Waals surface area (Å²) < 4.78 is 13.6. The molecule has 0 saturated heterocycles. The minimum Gasteiger partial charge on any atom is -0.322 e.